The van der Waals surface area contributed by atoms with Crippen LogP contribution in [0.2, 0.25) is 0 Å². The minimum atomic E-state index is -0.613. The third-order valence-corrected chi connectivity index (χ3v) is 3.35. The summed E-state index contributed by atoms with van der Waals surface area (Å²) >= 11 is 0. The summed E-state index contributed by atoms with van der Waals surface area (Å²) in [5.41, 5.74) is 1.09. The van der Waals surface area contributed by atoms with Gasteiger partial charge in [0.15, 0.2) is 6.29 Å². The van der Waals surface area contributed by atoms with Crippen LogP contribution in [0.25, 0.3) is 0 Å². The van der Waals surface area contributed by atoms with E-state index in [4.69, 9.17) is 18.9 Å². The van der Waals surface area contributed by atoms with Gasteiger partial charge < -0.3 is 24.1 Å². The highest BCUT2D eigenvalue weighted by molar-refractivity contribution is 5.13. The Bertz CT molecular complexity index is 379. The SMILES string of the molecule is COC(C[C@@H]1O[C@H]1[C@H](O)COCc1ccccc1)OC. The Kier molecular flexibility index (Phi) is 5.94. The van der Waals surface area contributed by atoms with E-state index in [1.54, 1.807) is 14.2 Å². The molecule has 1 heterocycles. The molecule has 0 bridgehead atoms. The number of aliphatic hydroxyl groups excluding tert-OH is 1. The van der Waals surface area contributed by atoms with Crippen LogP contribution in [-0.2, 0) is 25.6 Å². The number of rotatable bonds is 9. The summed E-state index contributed by atoms with van der Waals surface area (Å²) < 4.78 is 21.1. The van der Waals surface area contributed by atoms with E-state index in [0.29, 0.717) is 13.0 Å². The van der Waals surface area contributed by atoms with Crippen molar-refractivity contribution in [3.63, 3.8) is 0 Å². The van der Waals surface area contributed by atoms with E-state index in [0.717, 1.165) is 5.56 Å². The van der Waals surface area contributed by atoms with Gasteiger partial charge in [0.1, 0.15) is 12.2 Å². The van der Waals surface area contributed by atoms with Gasteiger partial charge in [0, 0.05) is 20.6 Å². The molecule has 1 saturated heterocycles. The predicted molar refractivity (Wildman–Crippen MR) is 73.2 cm³/mol. The van der Waals surface area contributed by atoms with E-state index in [9.17, 15) is 5.11 Å². The van der Waals surface area contributed by atoms with Crippen molar-refractivity contribution in [2.24, 2.45) is 0 Å². The van der Waals surface area contributed by atoms with Gasteiger partial charge in [-0.05, 0) is 5.56 Å². The summed E-state index contributed by atoms with van der Waals surface area (Å²) in [7, 11) is 3.18. The van der Waals surface area contributed by atoms with Gasteiger partial charge in [-0.25, -0.2) is 0 Å². The van der Waals surface area contributed by atoms with Gasteiger partial charge in [-0.15, -0.1) is 0 Å². The van der Waals surface area contributed by atoms with Crippen LogP contribution < -0.4 is 0 Å². The highest BCUT2D eigenvalue weighted by Crippen LogP contribution is 2.30. The predicted octanol–water partition coefficient (Wildman–Crippen LogP) is 1.34. The third kappa shape index (κ3) is 4.54. The Hall–Kier alpha value is -0.980. The second-order valence-electron chi connectivity index (χ2n) is 4.84. The Balaban J connectivity index is 1.63. The highest BCUT2D eigenvalue weighted by atomic mass is 16.7. The maximum absolute atomic E-state index is 9.96. The second-order valence-corrected chi connectivity index (χ2v) is 4.84. The fourth-order valence-electron chi connectivity index (χ4n) is 2.13. The molecular weight excluding hydrogens is 260 g/mol. The lowest BCUT2D eigenvalue weighted by molar-refractivity contribution is -0.109. The molecule has 0 radical (unpaired) electrons. The van der Waals surface area contributed by atoms with Crippen molar-refractivity contribution in [2.45, 2.75) is 37.6 Å². The number of methoxy groups -OCH3 is 2. The molecule has 1 N–H and O–H groups in total. The largest absolute Gasteiger partial charge is 0.388 e. The molecule has 1 aromatic carbocycles. The van der Waals surface area contributed by atoms with Gasteiger partial charge in [0.2, 0.25) is 0 Å². The van der Waals surface area contributed by atoms with Gasteiger partial charge in [-0.1, -0.05) is 30.3 Å². The lowest BCUT2D eigenvalue weighted by Gasteiger charge is -2.12. The summed E-state index contributed by atoms with van der Waals surface area (Å²) in [4.78, 5) is 0. The van der Waals surface area contributed by atoms with Crippen molar-refractivity contribution in [2.75, 3.05) is 20.8 Å². The standard InChI is InChI=1S/C15H22O5/c1-17-14(18-2)8-13-15(20-13)12(16)10-19-9-11-6-4-3-5-7-11/h3-7,12-16H,8-10H2,1-2H3/t12-,13+,15+/m1/s1. The summed E-state index contributed by atoms with van der Waals surface area (Å²) in [6.07, 6.45) is -0.484. The summed E-state index contributed by atoms with van der Waals surface area (Å²) in [6.45, 7) is 0.759. The zero-order chi connectivity index (χ0) is 14.4. The molecule has 0 spiro atoms. The first-order chi connectivity index (χ1) is 9.74. The Morgan fingerprint density at radius 1 is 1.20 bits per heavy atom. The van der Waals surface area contributed by atoms with Crippen LogP contribution in [0.4, 0.5) is 0 Å². The molecule has 0 unspecified atom stereocenters. The molecule has 5 heteroatoms. The number of ether oxygens (including phenoxy) is 4. The van der Waals surface area contributed by atoms with E-state index in [2.05, 4.69) is 0 Å². The first-order valence-corrected chi connectivity index (χ1v) is 6.75. The van der Waals surface area contributed by atoms with Crippen molar-refractivity contribution in [1.82, 2.24) is 0 Å². The van der Waals surface area contributed by atoms with Crippen LogP contribution in [0.15, 0.2) is 30.3 Å². The minimum Gasteiger partial charge on any atom is -0.388 e. The number of epoxide rings is 1. The van der Waals surface area contributed by atoms with Crippen LogP contribution >= 0.6 is 0 Å². The average molecular weight is 282 g/mol. The second kappa shape index (κ2) is 7.71. The van der Waals surface area contributed by atoms with Crippen LogP contribution in [0.5, 0.6) is 0 Å². The van der Waals surface area contributed by atoms with Gasteiger partial charge in [0.05, 0.1) is 19.3 Å². The van der Waals surface area contributed by atoms with Crippen molar-refractivity contribution in [3.8, 4) is 0 Å². The molecule has 20 heavy (non-hydrogen) atoms. The molecule has 5 nitrogen and oxygen atoms in total. The highest BCUT2D eigenvalue weighted by Gasteiger charge is 2.45. The van der Waals surface area contributed by atoms with Gasteiger partial charge in [-0.2, -0.15) is 0 Å². The van der Waals surface area contributed by atoms with Gasteiger partial charge >= 0.3 is 0 Å². The van der Waals surface area contributed by atoms with E-state index in [1.807, 2.05) is 30.3 Å². The van der Waals surface area contributed by atoms with Crippen molar-refractivity contribution in [1.29, 1.82) is 0 Å². The molecule has 0 saturated carbocycles. The van der Waals surface area contributed by atoms with Crippen LogP contribution in [0.3, 0.4) is 0 Å². The molecule has 0 amide bonds. The fraction of sp³-hybridized carbons (Fsp3) is 0.600. The zero-order valence-corrected chi connectivity index (χ0v) is 11.9. The third-order valence-electron chi connectivity index (χ3n) is 3.35. The maximum Gasteiger partial charge on any atom is 0.159 e. The molecule has 1 aliphatic rings. The number of hydrogen-bond donors (Lipinski definition) is 1. The Morgan fingerprint density at radius 2 is 1.90 bits per heavy atom. The maximum atomic E-state index is 9.96. The molecule has 3 atom stereocenters. The first kappa shape index (κ1) is 15.4. The van der Waals surface area contributed by atoms with Crippen molar-refractivity contribution >= 4 is 0 Å². The average Bonchev–Trinajstić information content (AvgIpc) is 3.25. The quantitative estimate of drug-likeness (QED) is 0.547. The van der Waals surface area contributed by atoms with Crippen molar-refractivity contribution < 1.29 is 24.1 Å². The molecule has 0 aromatic heterocycles. The summed E-state index contributed by atoms with van der Waals surface area (Å²) in [5.74, 6) is 0. The Morgan fingerprint density at radius 3 is 2.55 bits per heavy atom. The zero-order valence-electron chi connectivity index (χ0n) is 11.9. The Labute approximate surface area is 119 Å². The van der Waals surface area contributed by atoms with E-state index < -0.39 is 6.10 Å². The molecule has 0 aliphatic carbocycles. The lowest BCUT2D eigenvalue weighted by atomic mass is 10.1. The number of benzene rings is 1. The van der Waals surface area contributed by atoms with Crippen molar-refractivity contribution in [3.05, 3.63) is 35.9 Å². The summed E-state index contributed by atoms with van der Waals surface area (Å²) in [5, 5.41) is 9.96. The van der Waals surface area contributed by atoms with Crippen LogP contribution in [-0.4, -0.2) is 50.5 Å². The molecule has 2 rings (SSSR count). The molecule has 112 valence electrons. The minimum absolute atomic E-state index is 0.0183. The van der Waals surface area contributed by atoms with E-state index >= 15 is 0 Å². The van der Waals surface area contributed by atoms with E-state index in [-0.39, 0.29) is 25.1 Å². The molecular formula is C15H22O5. The van der Waals surface area contributed by atoms with Crippen LogP contribution in [0, 0.1) is 0 Å². The molecule has 1 fully saturated rings. The lowest BCUT2D eigenvalue weighted by Crippen LogP contribution is -2.25. The normalized spacial score (nSPS) is 23.0. The smallest absolute Gasteiger partial charge is 0.159 e. The molecule has 1 aromatic rings. The van der Waals surface area contributed by atoms with E-state index in [1.165, 1.54) is 0 Å². The summed E-state index contributed by atoms with van der Waals surface area (Å²) in [6, 6.07) is 9.87. The van der Waals surface area contributed by atoms with Gasteiger partial charge in [0.25, 0.3) is 0 Å². The number of hydrogen-bond acceptors (Lipinski definition) is 5. The van der Waals surface area contributed by atoms with Crippen LogP contribution in [0.1, 0.15) is 12.0 Å². The number of aliphatic hydroxyl groups is 1. The topological polar surface area (TPSA) is 60.5 Å². The molecule has 1 aliphatic heterocycles. The first-order valence-electron chi connectivity index (χ1n) is 6.75. The van der Waals surface area contributed by atoms with Gasteiger partial charge in [-0.3, -0.25) is 0 Å². The fourth-order valence-corrected chi connectivity index (χ4v) is 2.13. The monoisotopic (exact) mass is 282 g/mol.